The molecule has 1 heterocycles. The van der Waals surface area contributed by atoms with Gasteiger partial charge in [-0.05, 0) is 21.6 Å². The summed E-state index contributed by atoms with van der Waals surface area (Å²) >= 11 is 0. The van der Waals surface area contributed by atoms with Crippen molar-refractivity contribution in [1.29, 1.82) is 0 Å². The quantitative estimate of drug-likeness (QED) is 0.382. The summed E-state index contributed by atoms with van der Waals surface area (Å²) in [6.07, 6.45) is 0. The van der Waals surface area contributed by atoms with E-state index in [1.807, 2.05) is 0 Å². The minimum absolute atomic E-state index is 0.137. The predicted octanol–water partition coefficient (Wildman–Crippen LogP) is 0.0198. The molecular weight excluding hydrogens is 120 g/mol. The van der Waals surface area contributed by atoms with Crippen molar-refractivity contribution in [2.45, 2.75) is 4.27 Å². The molecule has 1 fully saturated rings. The van der Waals surface area contributed by atoms with E-state index in [2.05, 4.69) is 0 Å². The van der Waals surface area contributed by atoms with Crippen LogP contribution in [0.2, 0.25) is 0 Å². The fourth-order valence-electron chi connectivity index (χ4n) is 0.101. The largest absolute Gasteiger partial charge is 0.391 e. The van der Waals surface area contributed by atoms with Crippen LogP contribution in [0.15, 0.2) is 0 Å². The maximum absolute atomic E-state index is 8.61. The molecule has 1 saturated heterocycles. The molecule has 6 heavy (non-hydrogen) atoms. The summed E-state index contributed by atoms with van der Waals surface area (Å²) in [5.41, 5.74) is 0. The van der Waals surface area contributed by atoms with Crippen molar-refractivity contribution in [3.05, 3.63) is 0 Å². The summed E-state index contributed by atoms with van der Waals surface area (Å²) in [6.45, 7) is -0.137. The van der Waals surface area contributed by atoms with Crippen LogP contribution in [0.25, 0.3) is 0 Å². The molecule has 0 bridgehead atoms. The number of aliphatic hydroxyl groups is 2. The third kappa shape index (κ3) is 0.815. The van der Waals surface area contributed by atoms with Crippen LogP contribution in [0.5, 0.6) is 0 Å². The monoisotopic (exact) mass is 124 g/mol. The first-order valence-corrected chi connectivity index (χ1v) is 3.62. The van der Waals surface area contributed by atoms with Crippen LogP contribution in [0.4, 0.5) is 0 Å². The highest BCUT2D eigenvalue weighted by Crippen LogP contribution is 2.62. The topological polar surface area (TPSA) is 40.5 Å². The Hall–Kier alpha value is 0.620. The van der Waals surface area contributed by atoms with Gasteiger partial charge in [0.1, 0.15) is 0 Å². The molecule has 2 N–H and O–H groups in total. The molecule has 0 aromatic heterocycles. The van der Waals surface area contributed by atoms with E-state index in [0.29, 0.717) is 0 Å². The Kier molecular flexibility index (Phi) is 1.03. The van der Waals surface area contributed by atoms with Crippen LogP contribution < -0.4 is 0 Å². The van der Waals surface area contributed by atoms with Crippen molar-refractivity contribution in [3.8, 4) is 0 Å². The van der Waals surface area contributed by atoms with Gasteiger partial charge in [0.05, 0.1) is 6.61 Å². The summed E-state index contributed by atoms with van der Waals surface area (Å²) in [7, 11) is 2.59. The second-order valence-electron chi connectivity index (χ2n) is 1.04. The minimum atomic E-state index is -0.819. The molecule has 0 aromatic carbocycles. The van der Waals surface area contributed by atoms with Gasteiger partial charge in [0.2, 0.25) is 4.27 Å². The Balaban J connectivity index is 2.28. The van der Waals surface area contributed by atoms with Crippen LogP contribution >= 0.6 is 21.6 Å². The molecule has 0 aromatic rings. The molecule has 0 aliphatic carbocycles. The van der Waals surface area contributed by atoms with Gasteiger partial charge in [-0.15, -0.1) is 0 Å². The van der Waals surface area contributed by atoms with Gasteiger partial charge in [0.25, 0.3) is 0 Å². The van der Waals surface area contributed by atoms with E-state index in [0.717, 1.165) is 0 Å². The lowest BCUT2D eigenvalue weighted by Gasteiger charge is -1.90. The Labute approximate surface area is 43.3 Å². The molecule has 0 atom stereocenters. The molecule has 1 aliphatic heterocycles. The zero-order valence-corrected chi connectivity index (χ0v) is 4.55. The average molecular weight is 124 g/mol. The van der Waals surface area contributed by atoms with Gasteiger partial charge < -0.3 is 10.2 Å². The first-order chi connectivity index (χ1) is 2.77. The second kappa shape index (κ2) is 1.30. The molecule has 0 radical (unpaired) electrons. The van der Waals surface area contributed by atoms with Crippen molar-refractivity contribution in [3.63, 3.8) is 0 Å². The molecule has 0 saturated carbocycles. The van der Waals surface area contributed by atoms with Crippen LogP contribution in [-0.2, 0) is 0 Å². The molecule has 4 heteroatoms. The summed E-state index contributed by atoms with van der Waals surface area (Å²) < 4.78 is -0.819. The van der Waals surface area contributed by atoms with Gasteiger partial charge in [-0.2, -0.15) is 0 Å². The lowest BCUT2D eigenvalue weighted by atomic mass is 10.8. The molecule has 2 nitrogen and oxygen atoms in total. The van der Waals surface area contributed by atoms with Gasteiger partial charge in [-0.1, -0.05) is 0 Å². The van der Waals surface area contributed by atoms with Gasteiger partial charge in [0, 0.05) is 0 Å². The lowest BCUT2D eigenvalue weighted by molar-refractivity contribution is 0.144. The van der Waals surface area contributed by atoms with Gasteiger partial charge in [0.15, 0.2) is 0 Å². The zero-order valence-electron chi connectivity index (χ0n) is 2.92. The summed E-state index contributed by atoms with van der Waals surface area (Å²) in [5.74, 6) is 0. The highest BCUT2D eigenvalue weighted by Gasteiger charge is 2.43. The van der Waals surface area contributed by atoms with Crippen molar-refractivity contribution in [1.82, 2.24) is 0 Å². The number of hydrogen-bond acceptors (Lipinski definition) is 4. The Morgan fingerprint density at radius 2 is 2.00 bits per heavy atom. The highest BCUT2D eigenvalue weighted by molar-refractivity contribution is 8.93. The van der Waals surface area contributed by atoms with E-state index >= 15 is 0 Å². The molecule has 1 rings (SSSR count). The minimum Gasteiger partial charge on any atom is -0.391 e. The zero-order chi connectivity index (χ0) is 4.62. The van der Waals surface area contributed by atoms with Gasteiger partial charge in [-0.25, -0.2) is 0 Å². The van der Waals surface area contributed by atoms with Crippen LogP contribution in [0.1, 0.15) is 0 Å². The van der Waals surface area contributed by atoms with Crippen LogP contribution in [0, 0.1) is 0 Å². The Morgan fingerprint density at radius 3 is 2.00 bits per heavy atom. The van der Waals surface area contributed by atoms with Crippen molar-refractivity contribution in [2.75, 3.05) is 6.61 Å². The fraction of sp³-hybridized carbons (Fsp3) is 1.00. The second-order valence-corrected chi connectivity index (χ2v) is 3.98. The SMILES string of the molecule is OCC1(O)SS1. The van der Waals surface area contributed by atoms with E-state index < -0.39 is 4.27 Å². The van der Waals surface area contributed by atoms with E-state index in [9.17, 15) is 0 Å². The van der Waals surface area contributed by atoms with Gasteiger partial charge in [-0.3, -0.25) is 0 Å². The highest BCUT2D eigenvalue weighted by atomic mass is 33.2. The van der Waals surface area contributed by atoms with Crippen LogP contribution in [-0.4, -0.2) is 21.1 Å². The van der Waals surface area contributed by atoms with Crippen molar-refractivity contribution in [2.24, 2.45) is 0 Å². The Bertz CT molecular complexity index is 60.6. The molecule has 0 amide bonds. The Morgan fingerprint density at radius 1 is 1.50 bits per heavy atom. The first kappa shape index (κ1) is 4.77. The summed E-state index contributed by atoms with van der Waals surface area (Å²) in [5, 5.41) is 16.8. The van der Waals surface area contributed by atoms with Crippen LogP contribution in [0.3, 0.4) is 0 Å². The molecule has 1 aliphatic rings. The molecule has 36 valence electrons. The van der Waals surface area contributed by atoms with Gasteiger partial charge >= 0.3 is 0 Å². The average Bonchev–Trinajstić information content (AvgIpc) is 2.22. The van der Waals surface area contributed by atoms with E-state index in [-0.39, 0.29) is 6.61 Å². The van der Waals surface area contributed by atoms with Crippen molar-refractivity contribution < 1.29 is 10.2 Å². The molecule has 0 unspecified atom stereocenters. The fourth-order valence-corrected chi connectivity index (χ4v) is 0.907. The van der Waals surface area contributed by atoms with E-state index in [4.69, 9.17) is 10.2 Å². The smallest absolute Gasteiger partial charge is 0.200 e. The summed E-state index contributed by atoms with van der Waals surface area (Å²) in [4.78, 5) is 0. The van der Waals surface area contributed by atoms with Crippen molar-refractivity contribution >= 4 is 21.6 Å². The number of hydrogen-bond donors (Lipinski definition) is 2. The third-order valence-corrected chi connectivity index (χ3v) is 2.94. The maximum Gasteiger partial charge on any atom is 0.200 e. The molecule has 0 spiro atoms. The predicted molar refractivity (Wildman–Crippen MR) is 27.2 cm³/mol. The lowest BCUT2D eigenvalue weighted by Crippen LogP contribution is -2.07. The maximum atomic E-state index is 8.61. The first-order valence-electron chi connectivity index (χ1n) is 1.47. The standard InChI is InChI=1S/C2H4O2S2/c3-1-2(4)5-6-2/h3-4H,1H2. The van der Waals surface area contributed by atoms with E-state index in [1.165, 1.54) is 21.6 Å². The normalized spacial score (nSPS) is 27.0. The molecular formula is C2H4O2S2. The van der Waals surface area contributed by atoms with E-state index in [1.54, 1.807) is 0 Å². The number of aliphatic hydroxyl groups excluding tert-OH is 1. The summed E-state index contributed by atoms with van der Waals surface area (Å²) in [6, 6.07) is 0. The number of rotatable bonds is 1. The third-order valence-electron chi connectivity index (χ3n) is 0.476.